The molecule has 0 saturated carbocycles. The van der Waals surface area contributed by atoms with E-state index in [2.05, 4.69) is 9.28 Å². The van der Waals surface area contributed by atoms with Crippen molar-refractivity contribution in [2.45, 2.75) is 24.8 Å². The topological polar surface area (TPSA) is 77.7 Å². The van der Waals surface area contributed by atoms with Gasteiger partial charge in [-0.1, -0.05) is 13.8 Å². The molecule has 0 atom stereocenters. The van der Waals surface area contributed by atoms with Crippen LogP contribution in [0.1, 0.15) is 30.9 Å². The smallest absolute Gasteiger partial charge is 0.299 e. The first-order chi connectivity index (χ1) is 13.3. The standard InChI is InChI=1S/C20H19FN2O4S/c1-13(2)19-16(5-4-12-24)20(14-6-8-15(21)9-7-14)22-23-17(19)10-11-18(23)28(25,26)27-3/h4-13H,1-3H3. The maximum Gasteiger partial charge on any atom is 0.314 e. The Bertz CT molecular complexity index is 1160. The Morgan fingerprint density at radius 1 is 1.14 bits per heavy atom. The second kappa shape index (κ2) is 7.65. The molecule has 3 aromatic rings. The normalized spacial score (nSPS) is 12.3. The Balaban J connectivity index is 2.47. The van der Waals surface area contributed by atoms with Crippen molar-refractivity contribution in [1.82, 2.24) is 9.61 Å². The molecule has 0 aliphatic carbocycles. The number of fused-ring (bicyclic) bond motifs is 1. The van der Waals surface area contributed by atoms with Crippen LogP contribution in [0.4, 0.5) is 4.39 Å². The Labute approximate surface area is 162 Å². The summed E-state index contributed by atoms with van der Waals surface area (Å²) in [5.41, 5.74) is 3.08. The average Bonchev–Trinajstić information content (AvgIpc) is 3.10. The molecule has 28 heavy (non-hydrogen) atoms. The van der Waals surface area contributed by atoms with E-state index in [0.29, 0.717) is 28.6 Å². The SMILES string of the molecule is COS(=O)(=O)c1ccc2c(C(C)C)c(C=CC=O)c(-c3ccc(F)cc3)nn12. The summed E-state index contributed by atoms with van der Waals surface area (Å²) in [6, 6.07) is 8.78. The van der Waals surface area contributed by atoms with Crippen LogP contribution in [-0.4, -0.2) is 31.4 Å². The molecule has 146 valence electrons. The summed E-state index contributed by atoms with van der Waals surface area (Å²) in [4.78, 5) is 10.9. The van der Waals surface area contributed by atoms with Gasteiger partial charge in [0, 0.05) is 11.1 Å². The lowest BCUT2D eigenvalue weighted by atomic mass is 9.93. The van der Waals surface area contributed by atoms with Gasteiger partial charge in [0.15, 0.2) is 5.03 Å². The van der Waals surface area contributed by atoms with Crippen LogP contribution < -0.4 is 0 Å². The summed E-state index contributed by atoms with van der Waals surface area (Å²) < 4.78 is 44.0. The highest BCUT2D eigenvalue weighted by Crippen LogP contribution is 2.34. The first-order valence-corrected chi connectivity index (χ1v) is 9.95. The molecule has 2 heterocycles. The molecule has 0 aliphatic heterocycles. The number of benzene rings is 1. The highest BCUT2D eigenvalue weighted by Gasteiger charge is 2.24. The Kier molecular flexibility index (Phi) is 5.44. The number of halogens is 1. The van der Waals surface area contributed by atoms with Crippen molar-refractivity contribution in [3.05, 3.63) is 59.4 Å². The number of hydrogen-bond acceptors (Lipinski definition) is 5. The van der Waals surface area contributed by atoms with E-state index in [1.165, 1.54) is 28.8 Å². The van der Waals surface area contributed by atoms with Crippen molar-refractivity contribution in [1.29, 1.82) is 0 Å². The van der Waals surface area contributed by atoms with E-state index in [-0.39, 0.29) is 10.9 Å². The van der Waals surface area contributed by atoms with Gasteiger partial charge in [0.25, 0.3) is 0 Å². The van der Waals surface area contributed by atoms with Crippen molar-refractivity contribution in [2.24, 2.45) is 0 Å². The number of aromatic nitrogens is 2. The molecule has 0 spiro atoms. The lowest BCUT2D eigenvalue weighted by Crippen LogP contribution is -2.11. The van der Waals surface area contributed by atoms with Crippen LogP contribution in [0, 0.1) is 5.82 Å². The van der Waals surface area contributed by atoms with E-state index < -0.39 is 15.9 Å². The maximum atomic E-state index is 13.4. The minimum Gasteiger partial charge on any atom is -0.299 e. The van der Waals surface area contributed by atoms with Crippen LogP contribution in [0.5, 0.6) is 0 Å². The molecule has 0 radical (unpaired) electrons. The molecule has 1 aromatic carbocycles. The van der Waals surface area contributed by atoms with Crippen LogP contribution in [0.3, 0.4) is 0 Å². The zero-order valence-corrected chi connectivity index (χ0v) is 16.4. The van der Waals surface area contributed by atoms with E-state index in [4.69, 9.17) is 0 Å². The molecule has 0 unspecified atom stereocenters. The van der Waals surface area contributed by atoms with Crippen LogP contribution in [-0.2, 0) is 19.1 Å². The summed E-state index contributed by atoms with van der Waals surface area (Å²) in [5, 5.41) is 4.40. The van der Waals surface area contributed by atoms with E-state index in [1.54, 1.807) is 24.3 Å². The average molecular weight is 402 g/mol. The van der Waals surface area contributed by atoms with Gasteiger partial charge in [-0.15, -0.1) is 0 Å². The van der Waals surface area contributed by atoms with E-state index in [9.17, 15) is 17.6 Å². The summed E-state index contributed by atoms with van der Waals surface area (Å²) in [6.45, 7) is 3.92. The number of carbonyl (C=O) groups is 1. The first kappa shape index (κ1) is 19.9. The molecule has 8 heteroatoms. The van der Waals surface area contributed by atoms with Crippen molar-refractivity contribution in [3.63, 3.8) is 0 Å². The van der Waals surface area contributed by atoms with Gasteiger partial charge < -0.3 is 0 Å². The van der Waals surface area contributed by atoms with Gasteiger partial charge in [-0.25, -0.2) is 8.91 Å². The molecule has 3 rings (SSSR count). The third kappa shape index (κ3) is 3.48. The highest BCUT2D eigenvalue weighted by molar-refractivity contribution is 7.86. The monoisotopic (exact) mass is 402 g/mol. The van der Waals surface area contributed by atoms with Crippen LogP contribution in [0.25, 0.3) is 22.9 Å². The summed E-state index contributed by atoms with van der Waals surface area (Å²) >= 11 is 0. The quantitative estimate of drug-likeness (QED) is 0.356. The number of carbonyl (C=O) groups excluding carboxylic acids is 1. The highest BCUT2D eigenvalue weighted by atomic mass is 32.2. The molecule has 0 amide bonds. The summed E-state index contributed by atoms with van der Waals surface area (Å²) in [7, 11) is -2.91. The number of rotatable bonds is 6. The fraction of sp³-hybridized carbons (Fsp3) is 0.200. The summed E-state index contributed by atoms with van der Waals surface area (Å²) in [5.74, 6) is -0.411. The van der Waals surface area contributed by atoms with Crippen molar-refractivity contribution < 1.29 is 21.8 Å². The third-order valence-corrected chi connectivity index (χ3v) is 5.61. The zero-order valence-electron chi connectivity index (χ0n) is 15.6. The summed E-state index contributed by atoms with van der Waals surface area (Å²) in [6.07, 6.45) is 3.63. The number of aldehydes is 1. The zero-order chi connectivity index (χ0) is 20.5. The Hall–Kier alpha value is -2.84. The predicted molar refractivity (Wildman–Crippen MR) is 104 cm³/mol. The van der Waals surface area contributed by atoms with Crippen LogP contribution >= 0.6 is 0 Å². The molecule has 0 fully saturated rings. The molecule has 0 N–H and O–H groups in total. The molecule has 0 aliphatic rings. The van der Waals surface area contributed by atoms with Crippen LogP contribution in [0.15, 0.2) is 47.5 Å². The van der Waals surface area contributed by atoms with Gasteiger partial charge in [0.1, 0.15) is 12.1 Å². The van der Waals surface area contributed by atoms with Crippen LogP contribution in [0.2, 0.25) is 0 Å². The van der Waals surface area contributed by atoms with Gasteiger partial charge in [0.05, 0.1) is 18.3 Å². The van der Waals surface area contributed by atoms with Gasteiger partial charge >= 0.3 is 10.1 Å². The maximum absolute atomic E-state index is 13.4. The lowest BCUT2D eigenvalue weighted by molar-refractivity contribution is -0.104. The molecular formula is C20H19FN2O4S. The number of nitrogens with zero attached hydrogens (tertiary/aromatic N) is 2. The van der Waals surface area contributed by atoms with Gasteiger partial charge in [-0.3, -0.25) is 8.98 Å². The number of allylic oxidation sites excluding steroid dienone is 1. The molecule has 6 nitrogen and oxygen atoms in total. The fourth-order valence-corrected chi connectivity index (χ4v) is 3.90. The van der Waals surface area contributed by atoms with Crippen molar-refractivity contribution in [3.8, 4) is 11.3 Å². The molecular weight excluding hydrogens is 383 g/mol. The van der Waals surface area contributed by atoms with E-state index >= 15 is 0 Å². The van der Waals surface area contributed by atoms with Crippen molar-refractivity contribution >= 4 is 28.0 Å². The second-order valence-electron chi connectivity index (χ2n) is 6.42. The molecule has 0 saturated heterocycles. The van der Waals surface area contributed by atoms with Crippen molar-refractivity contribution in [2.75, 3.05) is 7.11 Å². The fourth-order valence-electron chi connectivity index (χ4n) is 3.14. The largest absolute Gasteiger partial charge is 0.314 e. The molecule has 2 aromatic heterocycles. The minimum absolute atomic E-state index is 0.0102. The Morgan fingerprint density at radius 2 is 1.82 bits per heavy atom. The number of hydrogen-bond donors (Lipinski definition) is 0. The van der Waals surface area contributed by atoms with Gasteiger partial charge in [-0.05, 0) is 60.0 Å². The molecule has 0 bridgehead atoms. The third-order valence-electron chi connectivity index (χ3n) is 4.35. The lowest BCUT2D eigenvalue weighted by Gasteiger charge is -2.17. The van der Waals surface area contributed by atoms with E-state index in [0.717, 1.165) is 12.7 Å². The second-order valence-corrected chi connectivity index (χ2v) is 8.08. The van der Waals surface area contributed by atoms with Gasteiger partial charge in [-0.2, -0.15) is 13.5 Å². The minimum atomic E-state index is -3.99. The van der Waals surface area contributed by atoms with Gasteiger partial charge in [0.2, 0.25) is 0 Å². The van der Waals surface area contributed by atoms with E-state index in [1.807, 2.05) is 13.8 Å². The predicted octanol–water partition coefficient (Wildman–Crippen LogP) is 3.81. The first-order valence-electron chi connectivity index (χ1n) is 8.54. The Morgan fingerprint density at radius 3 is 2.39 bits per heavy atom.